The van der Waals surface area contributed by atoms with Gasteiger partial charge in [0.2, 0.25) is 10.0 Å². The maximum Gasteiger partial charge on any atom is 0.255 e. The fraction of sp³-hybridized carbons (Fsp3) is 0.238. The molecule has 2 N–H and O–H groups in total. The van der Waals surface area contributed by atoms with Crippen LogP contribution in [0.5, 0.6) is 0 Å². The molecule has 0 aromatic heterocycles. The number of likely N-dealkylation sites (tertiary alicyclic amines) is 1. The normalized spacial score (nSPS) is 13.7. The first-order valence-corrected chi connectivity index (χ1v) is 10.6. The van der Waals surface area contributed by atoms with Gasteiger partial charge in [0.1, 0.15) is 0 Å². The quantitative estimate of drug-likeness (QED) is 0.712. The highest BCUT2D eigenvalue weighted by Crippen LogP contribution is 2.18. The molecule has 1 fully saturated rings. The minimum Gasteiger partial charge on any atom is -0.339 e. The highest BCUT2D eigenvalue weighted by molar-refractivity contribution is 7.89. The van der Waals surface area contributed by atoms with E-state index < -0.39 is 15.9 Å². The molecule has 7 nitrogen and oxygen atoms in total. The third kappa shape index (κ3) is 5.02. The summed E-state index contributed by atoms with van der Waals surface area (Å²) in [5.41, 5.74) is 1.13. The lowest BCUT2D eigenvalue weighted by atomic mass is 10.1. The Morgan fingerprint density at radius 3 is 2.45 bits per heavy atom. The van der Waals surface area contributed by atoms with Gasteiger partial charge in [-0.1, -0.05) is 18.1 Å². The molecule has 0 bridgehead atoms. The Morgan fingerprint density at radius 1 is 1.03 bits per heavy atom. The van der Waals surface area contributed by atoms with Crippen LogP contribution in [0.2, 0.25) is 0 Å². The smallest absolute Gasteiger partial charge is 0.255 e. The molecule has 150 valence electrons. The van der Waals surface area contributed by atoms with Crippen molar-refractivity contribution >= 4 is 27.5 Å². The predicted octanol–water partition coefficient (Wildman–Crippen LogP) is 2.09. The molecular formula is C21H21N3O4S. The second-order valence-electron chi connectivity index (χ2n) is 6.59. The maximum absolute atomic E-state index is 12.6. The molecular weight excluding hydrogens is 390 g/mol. The van der Waals surface area contributed by atoms with Gasteiger partial charge >= 0.3 is 0 Å². The molecule has 0 saturated carbocycles. The molecule has 2 aromatic carbocycles. The zero-order valence-corrected chi connectivity index (χ0v) is 16.5. The molecule has 0 atom stereocenters. The second-order valence-corrected chi connectivity index (χ2v) is 8.36. The monoisotopic (exact) mass is 411 g/mol. The van der Waals surface area contributed by atoms with E-state index in [9.17, 15) is 18.0 Å². The SMILES string of the molecule is C#CCNS(=O)(=O)c1cccc(C(=O)Nc2cccc(C(=O)N3CCCC3)c2)c1. The standard InChI is InChI=1S/C21H21N3O4S/c1-2-11-22-29(27,28)19-10-6-7-16(15-19)20(25)23-18-9-5-8-17(14-18)21(26)24-12-3-4-13-24/h1,5-10,14-15,22H,3-4,11-13H2,(H,23,25). The van der Waals surface area contributed by atoms with Crippen molar-refractivity contribution in [3.63, 3.8) is 0 Å². The summed E-state index contributed by atoms with van der Waals surface area (Å²) in [4.78, 5) is 26.8. The number of hydrogen-bond donors (Lipinski definition) is 2. The van der Waals surface area contributed by atoms with E-state index in [2.05, 4.69) is 16.0 Å². The molecule has 29 heavy (non-hydrogen) atoms. The van der Waals surface area contributed by atoms with Gasteiger partial charge in [-0.2, -0.15) is 4.72 Å². The van der Waals surface area contributed by atoms with Crippen molar-refractivity contribution in [3.8, 4) is 12.3 Å². The van der Waals surface area contributed by atoms with Crippen LogP contribution in [0.1, 0.15) is 33.6 Å². The molecule has 1 heterocycles. The lowest BCUT2D eigenvalue weighted by Crippen LogP contribution is -2.27. The molecule has 1 aliphatic rings. The number of carbonyl (C=O) groups is 2. The van der Waals surface area contributed by atoms with Crippen LogP contribution in [0.4, 0.5) is 5.69 Å². The molecule has 1 aliphatic heterocycles. The number of terminal acetylenes is 1. The van der Waals surface area contributed by atoms with E-state index in [1.165, 1.54) is 24.3 Å². The van der Waals surface area contributed by atoms with Gasteiger partial charge in [0.15, 0.2) is 0 Å². The van der Waals surface area contributed by atoms with Gasteiger partial charge in [-0.25, -0.2) is 8.42 Å². The van der Waals surface area contributed by atoms with Crippen LogP contribution >= 0.6 is 0 Å². The Kier molecular flexibility index (Phi) is 6.32. The summed E-state index contributed by atoms with van der Waals surface area (Å²) in [7, 11) is -3.80. The van der Waals surface area contributed by atoms with Crippen LogP contribution < -0.4 is 10.0 Å². The van der Waals surface area contributed by atoms with Crippen LogP contribution in [0.3, 0.4) is 0 Å². The van der Waals surface area contributed by atoms with Crippen LogP contribution in [0.15, 0.2) is 53.4 Å². The third-order valence-corrected chi connectivity index (χ3v) is 5.93. The summed E-state index contributed by atoms with van der Waals surface area (Å²) in [6, 6.07) is 12.3. The summed E-state index contributed by atoms with van der Waals surface area (Å²) in [6.45, 7) is 1.34. The number of anilines is 1. The van der Waals surface area contributed by atoms with Gasteiger partial charge in [0.05, 0.1) is 11.4 Å². The highest BCUT2D eigenvalue weighted by Gasteiger charge is 2.20. The van der Waals surface area contributed by atoms with Crippen molar-refractivity contribution in [1.82, 2.24) is 9.62 Å². The van der Waals surface area contributed by atoms with Gasteiger partial charge in [0.25, 0.3) is 11.8 Å². The van der Waals surface area contributed by atoms with E-state index in [1.54, 1.807) is 29.2 Å². The topological polar surface area (TPSA) is 95.6 Å². The number of hydrogen-bond acceptors (Lipinski definition) is 4. The summed E-state index contributed by atoms with van der Waals surface area (Å²) < 4.78 is 26.6. The zero-order valence-electron chi connectivity index (χ0n) is 15.7. The molecule has 3 rings (SSSR count). The molecule has 2 amide bonds. The van der Waals surface area contributed by atoms with E-state index in [0.717, 1.165) is 25.9 Å². The van der Waals surface area contributed by atoms with Crippen LogP contribution in [0, 0.1) is 12.3 Å². The Labute approximate surface area is 170 Å². The number of nitrogens with zero attached hydrogens (tertiary/aromatic N) is 1. The lowest BCUT2D eigenvalue weighted by Gasteiger charge is -2.16. The van der Waals surface area contributed by atoms with Crippen molar-refractivity contribution in [3.05, 3.63) is 59.7 Å². The number of sulfonamides is 1. The second kappa shape index (κ2) is 8.90. The predicted molar refractivity (Wildman–Crippen MR) is 110 cm³/mol. The Hall–Kier alpha value is -3.15. The summed E-state index contributed by atoms with van der Waals surface area (Å²) in [6.07, 6.45) is 7.08. The van der Waals surface area contributed by atoms with Gasteiger partial charge in [-0.15, -0.1) is 6.42 Å². The fourth-order valence-corrected chi connectivity index (χ4v) is 4.04. The Balaban J connectivity index is 1.75. The highest BCUT2D eigenvalue weighted by atomic mass is 32.2. The summed E-state index contributed by atoms with van der Waals surface area (Å²) >= 11 is 0. The summed E-state index contributed by atoms with van der Waals surface area (Å²) in [5, 5.41) is 2.71. The fourth-order valence-electron chi connectivity index (χ4n) is 3.06. The minimum absolute atomic E-state index is 0.0571. The first-order valence-electron chi connectivity index (χ1n) is 9.14. The lowest BCUT2D eigenvalue weighted by molar-refractivity contribution is 0.0792. The number of rotatable bonds is 6. The molecule has 1 saturated heterocycles. The van der Waals surface area contributed by atoms with Crippen LogP contribution in [-0.2, 0) is 10.0 Å². The first kappa shape index (κ1) is 20.6. The van der Waals surface area contributed by atoms with E-state index >= 15 is 0 Å². The van der Waals surface area contributed by atoms with Gasteiger partial charge < -0.3 is 10.2 Å². The molecule has 0 radical (unpaired) electrons. The Bertz CT molecular complexity index is 1070. The van der Waals surface area contributed by atoms with E-state index in [1.807, 2.05) is 0 Å². The van der Waals surface area contributed by atoms with Crippen molar-refractivity contribution in [2.75, 3.05) is 25.0 Å². The summed E-state index contributed by atoms with van der Waals surface area (Å²) in [5.74, 6) is 1.65. The van der Waals surface area contributed by atoms with Gasteiger partial charge in [-0.05, 0) is 49.2 Å². The van der Waals surface area contributed by atoms with Crippen molar-refractivity contribution in [1.29, 1.82) is 0 Å². The zero-order chi connectivity index (χ0) is 20.9. The molecule has 8 heteroatoms. The molecule has 0 unspecified atom stereocenters. The average molecular weight is 411 g/mol. The van der Waals surface area contributed by atoms with E-state index in [4.69, 9.17) is 6.42 Å². The van der Waals surface area contributed by atoms with Crippen molar-refractivity contribution in [2.24, 2.45) is 0 Å². The number of carbonyl (C=O) groups excluding carboxylic acids is 2. The first-order chi connectivity index (χ1) is 13.9. The largest absolute Gasteiger partial charge is 0.339 e. The van der Waals surface area contributed by atoms with Crippen LogP contribution in [0.25, 0.3) is 0 Å². The Morgan fingerprint density at radius 2 is 1.72 bits per heavy atom. The van der Waals surface area contributed by atoms with Crippen LogP contribution in [-0.4, -0.2) is 44.8 Å². The van der Waals surface area contributed by atoms with Crippen molar-refractivity contribution < 1.29 is 18.0 Å². The average Bonchev–Trinajstić information content (AvgIpc) is 3.27. The van der Waals surface area contributed by atoms with Gasteiger partial charge in [-0.3, -0.25) is 9.59 Å². The molecule has 0 aliphatic carbocycles. The van der Waals surface area contributed by atoms with Gasteiger partial charge in [0, 0.05) is 29.9 Å². The number of amides is 2. The van der Waals surface area contributed by atoms with E-state index in [-0.39, 0.29) is 22.9 Å². The van der Waals surface area contributed by atoms with Crippen molar-refractivity contribution in [2.45, 2.75) is 17.7 Å². The van der Waals surface area contributed by atoms with E-state index in [0.29, 0.717) is 11.3 Å². The molecule has 2 aromatic rings. The minimum atomic E-state index is -3.80. The number of benzene rings is 2. The maximum atomic E-state index is 12.6. The molecule has 0 spiro atoms. The third-order valence-electron chi connectivity index (χ3n) is 4.53. The number of nitrogens with one attached hydrogen (secondary N) is 2.